The SMILES string of the molecule is CCc1ccc(C(CN)N2CCSC(C)C2)s1. The Balaban J connectivity index is 2.09. The zero-order valence-electron chi connectivity index (χ0n) is 10.7. The van der Waals surface area contributed by atoms with Gasteiger partial charge in [0.1, 0.15) is 0 Å². The van der Waals surface area contributed by atoms with Crippen LogP contribution in [0, 0.1) is 0 Å². The van der Waals surface area contributed by atoms with Crippen molar-refractivity contribution in [3.05, 3.63) is 21.9 Å². The first kappa shape index (κ1) is 13.4. The summed E-state index contributed by atoms with van der Waals surface area (Å²) >= 11 is 4.01. The summed E-state index contributed by atoms with van der Waals surface area (Å²) in [6, 6.07) is 4.96. The molecular weight excluding hydrogens is 248 g/mol. The normalized spacial score (nSPS) is 23.8. The van der Waals surface area contributed by atoms with Gasteiger partial charge in [0.15, 0.2) is 0 Å². The third kappa shape index (κ3) is 3.25. The van der Waals surface area contributed by atoms with Crippen LogP contribution in [0.15, 0.2) is 12.1 Å². The van der Waals surface area contributed by atoms with Gasteiger partial charge >= 0.3 is 0 Å². The van der Waals surface area contributed by atoms with E-state index in [1.54, 1.807) is 0 Å². The summed E-state index contributed by atoms with van der Waals surface area (Å²) < 4.78 is 0. The van der Waals surface area contributed by atoms with E-state index in [4.69, 9.17) is 5.73 Å². The summed E-state index contributed by atoms with van der Waals surface area (Å²) in [6.45, 7) is 7.62. The van der Waals surface area contributed by atoms with Gasteiger partial charge in [-0.1, -0.05) is 13.8 Å². The topological polar surface area (TPSA) is 29.3 Å². The largest absolute Gasteiger partial charge is 0.329 e. The molecule has 2 nitrogen and oxygen atoms in total. The maximum Gasteiger partial charge on any atom is 0.0565 e. The van der Waals surface area contributed by atoms with Crippen LogP contribution in [0.25, 0.3) is 0 Å². The van der Waals surface area contributed by atoms with E-state index in [0.29, 0.717) is 6.04 Å². The van der Waals surface area contributed by atoms with Crippen LogP contribution in [-0.2, 0) is 6.42 Å². The molecule has 17 heavy (non-hydrogen) atoms. The van der Waals surface area contributed by atoms with Gasteiger partial charge in [-0.15, -0.1) is 11.3 Å². The van der Waals surface area contributed by atoms with Crippen molar-refractivity contribution in [2.45, 2.75) is 31.6 Å². The molecule has 2 atom stereocenters. The van der Waals surface area contributed by atoms with Crippen molar-refractivity contribution in [2.24, 2.45) is 5.73 Å². The van der Waals surface area contributed by atoms with Crippen molar-refractivity contribution < 1.29 is 0 Å². The Morgan fingerprint density at radius 3 is 2.94 bits per heavy atom. The molecule has 2 N–H and O–H groups in total. The number of hydrogen-bond donors (Lipinski definition) is 1. The molecule has 0 aromatic carbocycles. The third-order valence-corrected chi connectivity index (χ3v) is 5.76. The molecule has 1 aromatic rings. The predicted molar refractivity (Wildman–Crippen MR) is 79.0 cm³/mol. The quantitative estimate of drug-likeness (QED) is 0.912. The predicted octanol–water partition coefficient (Wildman–Crippen LogP) is 2.75. The molecule has 0 spiro atoms. The molecule has 4 heteroatoms. The highest BCUT2D eigenvalue weighted by Gasteiger charge is 2.25. The summed E-state index contributed by atoms with van der Waals surface area (Å²) in [7, 11) is 0. The Hall–Kier alpha value is -0.0300. The highest BCUT2D eigenvalue weighted by Crippen LogP contribution is 2.30. The second-order valence-electron chi connectivity index (χ2n) is 4.59. The van der Waals surface area contributed by atoms with Crippen molar-refractivity contribution in [3.63, 3.8) is 0 Å². The van der Waals surface area contributed by atoms with Crippen LogP contribution in [0.3, 0.4) is 0 Å². The molecule has 0 bridgehead atoms. The Labute approximate surface area is 113 Å². The van der Waals surface area contributed by atoms with E-state index >= 15 is 0 Å². The maximum absolute atomic E-state index is 5.99. The van der Waals surface area contributed by atoms with Gasteiger partial charge in [-0.05, 0) is 18.6 Å². The number of aryl methyl sites for hydroxylation is 1. The minimum absolute atomic E-state index is 0.434. The van der Waals surface area contributed by atoms with E-state index < -0.39 is 0 Å². The second kappa shape index (κ2) is 6.23. The molecule has 2 heterocycles. The van der Waals surface area contributed by atoms with Crippen LogP contribution in [-0.4, -0.2) is 35.5 Å². The first-order chi connectivity index (χ1) is 8.24. The van der Waals surface area contributed by atoms with E-state index in [-0.39, 0.29) is 0 Å². The van der Waals surface area contributed by atoms with Crippen molar-refractivity contribution >= 4 is 23.1 Å². The molecule has 1 fully saturated rings. The lowest BCUT2D eigenvalue weighted by Crippen LogP contribution is -2.41. The molecule has 1 aliphatic heterocycles. The zero-order chi connectivity index (χ0) is 12.3. The molecule has 0 saturated carbocycles. The van der Waals surface area contributed by atoms with Crippen LogP contribution < -0.4 is 5.73 Å². The summed E-state index contributed by atoms with van der Waals surface area (Å²) in [5.74, 6) is 1.24. The van der Waals surface area contributed by atoms with Crippen LogP contribution >= 0.6 is 23.1 Å². The number of thioether (sulfide) groups is 1. The lowest BCUT2D eigenvalue weighted by molar-refractivity contribution is 0.214. The minimum Gasteiger partial charge on any atom is -0.329 e. The highest BCUT2D eigenvalue weighted by molar-refractivity contribution is 7.99. The van der Waals surface area contributed by atoms with Gasteiger partial charge in [0, 0.05) is 40.4 Å². The van der Waals surface area contributed by atoms with Crippen LogP contribution in [0.2, 0.25) is 0 Å². The van der Waals surface area contributed by atoms with Gasteiger partial charge in [-0.25, -0.2) is 0 Å². The Kier molecular flexibility index (Phi) is 4.91. The summed E-state index contributed by atoms with van der Waals surface area (Å²) in [5, 5.41) is 0.739. The molecule has 1 aliphatic rings. The van der Waals surface area contributed by atoms with Crippen molar-refractivity contribution in [1.29, 1.82) is 0 Å². The zero-order valence-corrected chi connectivity index (χ0v) is 12.3. The fourth-order valence-corrected chi connectivity index (χ4v) is 4.48. The van der Waals surface area contributed by atoms with Crippen molar-refractivity contribution in [2.75, 3.05) is 25.4 Å². The van der Waals surface area contributed by atoms with Crippen LogP contribution in [0.4, 0.5) is 0 Å². The molecule has 0 radical (unpaired) electrons. The van der Waals surface area contributed by atoms with Crippen molar-refractivity contribution in [3.8, 4) is 0 Å². The smallest absolute Gasteiger partial charge is 0.0565 e. The number of nitrogens with two attached hydrogens (primary N) is 1. The third-order valence-electron chi connectivity index (χ3n) is 3.30. The van der Waals surface area contributed by atoms with Crippen molar-refractivity contribution in [1.82, 2.24) is 4.90 Å². The highest BCUT2D eigenvalue weighted by atomic mass is 32.2. The van der Waals surface area contributed by atoms with Crippen LogP contribution in [0.1, 0.15) is 29.6 Å². The molecule has 0 aliphatic carbocycles. The molecule has 0 amide bonds. The van der Waals surface area contributed by atoms with Crippen LogP contribution in [0.5, 0.6) is 0 Å². The summed E-state index contributed by atoms with van der Waals surface area (Å²) in [6.07, 6.45) is 1.13. The van der Waals surface area contributed by atoms with Gasteiger partial charge in [-0.2, -0.15) is 11.8 Å². The molecule has 2 unspecified atom stereocenters. The maximum atomic E-state index is 5.99. The second-order valence-corrected chi connectivity index (χ2v) is 7.33. The lowest BCUT2D eigenvalue weighted by Gasteiger charge is -2.36. The van der Waals surface area contributed by atoms with E-state index in [1.165, 1.54) is 28.6 Å². The van der Waals surface area contributed by atoms with E-state index in [2.05, 4.69) is 42.6 Å². The number of rotatable bonds is 4. The number of nitrogens with zero attached hydrogens (tertiary/aromatic N) is 1. The average molecular weight is 270 g/mol. The molecule has 1 saturated heterocycles. The standard InChI is InChI=1S/C13H22N2S2/c1-3-11-4-5-13(17-11)12(8-14)15-6-7-16-10(2)9-15/h4-5,10,12H,3,6-9,14H2,1-2H3. The number of thiophene rings is 1. The van der Waals surface area contributed by atoms with Gasteiger partial charge in [0.2, 0.25) is 0 Å². The monoisotopic (exact) mass is 270 g/mol. The Morgan fingerprint density at radius 1 is 1.53 bits per heavy atom. The van der Waals surface area contributed by atoms with Gasteiger partial charge in [0.05, 0.1) is 6.04 Å². The van der Waals surface area contributed by atoms with Gasteiger partial charge in [0.25, 0.3) is 0 Å². The molecule has 96 valence electrons. The first-order valence-corrected chi connectivity index (χ1v) is 8.25. The van der Waals surface area contributed by atoms with E-state index in [9.17, 15) is 0 Å². The average Bonchev–Trinajstić information content (AvgIpc) is 2.79. The Morgan fingerprint density at radius 2 is 2.35 bits per heavy atom. The summed E-state index contributed by atoms with van der Waals surface area (Å²) in [5.41, 5.74) is 5.99. The molecule has 1 aromatic heterocycles. The lowest BCUT2D eigenvalue weighted by atomic mass is 10.2. The first-order valence-electron chi connectivity index (χ1n) is 6.39. The minimum atomic E-state index is 0.434. The fourth-order valence-electron chi connectivity index (χ4n) is 2.34. The van der Waals surface area contributed by atoms with Gasteiger partial charge in [-0.3, -0.25) is 4.90 Å². The van der Waals surface area contributed by atoms with E-state index in [0.717, 1.165) is 18.2 Å². The fraction of sp³-hybridized carbons (Fsp3) is 0.692. The molecular formula is C13H22N2S2. The van der Waals surface area contributed by atoms with E-state index in [1.807, 2.05) is 11.3 Å². The molecule has 2 rings (SSSR count). The Bertz CT molecular complexity index is 351. The summed E-state index contributed by atoms with van der Waals surface area (Å²) in [4.78, 5) is 5.48. The van der Waals surface area contributed by atoms with Gasteiger partial charge < -0.3 is 5.73 Å². The number of hydrogen-bond acceptors (Lipinski definition) is 4.